The first-order valence-corrected chi connectivity index (χ1v) is 17.1. The lowest BCUT2D eigenvalue weighted by molar-refractivity contribution is 0.206. The largest absolute Gasteiger partial charge is 0.405 e. The van der Waals surface area contributed by atoms with Crippen molar-refractivity contribution in [1.29, 1.82) is 0 Å². The minimum Gasteiger partial charge on any atom is -0.405 e. The van der Waals surface area contributed by atoms with Gasteiger partial charge in [0.2, 0.25) is 0 Å². The van der Waals surface area contributed by atoms with Gasteiger partial charge >= 0.3 is 0 Å². The van der Waals surface area contributed by atoms with Crippen molar-refractivity contribution in [3.05, 3.63) is 130 Å². The summed E-state index contributed by atoms with van der Waals surface area (Å²) in [5.74, 6) is 0.718. The smallest absolute Gasteiger partial charge is 0.0825 e. The topological polar surface area (TPSA) is 32.5 Å². The van der Waals surface area contributed by atoms with E-state index in [-0.39, 0.29) is 6.04 Å². The summed E-state index contributed by atoms with van der Waals surface area (Å²) in [5, 5.41) is 1.29. The Balaban J connectivity index is 0.000000834. The van der Waals surface area contributed by atoms with Crippen LogP contribution in [0.2, 0.25) is 10.0 Å². The maximum Gasteiger partial charge on any atom is 0.0825 e. The highest BCUT2D eigenvalue weighted by atomic mass is 35.5. The molecular weight excluding hydrogens is 581 g/mol. The molecule has 1 saturated carbocycles. The van der Waals surface area contributed by atoms with Crippen molar-refractivity contribution in [2.75, 3.05) is 31.1 Å². The molecule has 0 bridgehead atoms. The van der Waals surface area contributed by atoms with Crippen LogP contribution in [0, 0.1) is 6.92 Å². The first kappa shape index (κ1) is 33.9. The molecule has 5 heteroatoms. The summed E-state index contributed by atoms with van der Waals surface area (Å²) in [6.45, 7) is 13.2. The molecule has 6 rings (SSSR count). The first-order chi connectivity index (χ1) is 21.5. The number of piperazine rings is 1. The van der Waals surface area contributed by atoms with E-state index >= 15 is 0 Å². The normalized spacial score (nSPS) is 17.8. The van der Waals surface area contributed by atoms with Gasteiger partial charge in [0.15, 0.2) is 0 Å². The molecule has 2 aliphatic carbocycles. The molecular formula is C39H49Cl2N3. The first-order valence-electron chi connectivity index (χ1n) is 16.3. The highest BCUT2D eigenvalue weighted by Crippen LogP contribution is 2.41. The Morgan fingerprint density at radius 2 is 1.59 bits per heavy atom. The van der Waals surface area contributed by atoms with Crippen LogP contribution in [0.4, 0.5) is 5.69 Å². The Labute approximate surface area is 276 Å². The fraction of sp³-hybridized carbons (Fsp3) is 0.385. The lowest BCUT2D eigenvalue weighted by atomic mass is 9.84. The van der Waals surface area contributed by atoms with E-state index in [0.717, 1.165) is 50.6 Å². The van der Waals surface area contributed by atoms with Crippen LogP contribution in [0.25, 0.3) is 5.57 Å². The lowest BCUT2D eigenvalue weighted by Crippen LogP contribution is -2.48. The molecule has 44 heavy (non-hydrogen) atoms. The van der Waals surface area contributed by atoms with Crippen LogP contribution in [0.3, 0.4) is 0 Å². The molecule has 2 fully saturated rings. The van der Waals surface area contributed by atoms with Gasteiger partial charge in [-0.3, -0.25) is 4.90 Å². The average Bonchev–Trinajstić information content (AvgIpc) is 3.61. The number of nitrogens with two attached hydrogens (primary N) is 1. The molecule has 2 N–H and O–H groups in total. The van der Waals surface area contributed by atoms with E-state index < -0.39 is 0 Å². The summed E-state index contributed by atoms with van der Waals surface area (Å²) in [6.07, 6.45) is 13.8. The summed E-state index contributed by atoms with van der Waals surface area (Å²) < 4.78 is 0. The van der Waals surface area contributed by atoms with E-state index in [9.17, 15) is 0 Å². The highest BCUT2D eigenvalue weighted by molar-refractivity contribution is 6.43. The SMILES string of the molecule is C=CN.CC.Cc1ccccc1C1=CCCC(C(c2cccc(C3CCCC3)c2)N2CCN(c3cccc(Cl)c3Cl)CC2)=C1. The minimum absolute atomic E-state index is 0.288. The molecule has 3 aromatic carbocycles. The van der Waals surface area contributed by atoms with E-state index in [4.69, 9.17) is 23.2 Å². The molecule has 0 aromatic heterocycles. The number of aryl methyl sites for hydroxylation is 1. The molecule has 0 spiro atoms. The predicted molar refractivity (Wildman–Crippen MR) is 193 cm³/mol. The van der Waals surface area contributed by atoms with Gasteiger partial charge in [-0.1, -0.05) is 123 Å². The molecule has 3 nitrogen and oxygen atoms in total. The van der Waals surface area contributed by atoms with Crippen LogP contribution >= 0.6 is 23.2 Å². The molecule has 1 unspecified atom stereocenters. The standard InChI is InChI=1S/C35H38Cl2N2.C2H5N.C2H6/c1-25-9-2-5-16-31(25)28-13-7-15-30(24-28)35(29-14-6-12-27(23-29)26-10-3-4-11-26)39-21-19-38(20-22-39)33-18-8-17-32(36)34(33)37;1-2-3;1-2/h2,5-6,8-9,12-14,16-18,23-24,26,35H,3-4,7,10-11,15,19-22H2,1H3;2H,1,3H2;1-2H3. The molecule has 1 atom stereocenters. The number of anilines is 1. The van der Waals surface area contributed by atoms with Crippen LogP contribution in [-0.2, 0) is 0 Å². The van der Waals surface area contributed by atoms with Crippen LogP contribution in [-0.4, -0.2) is 31.1 Å². The predicted octanol–water partition coefficient (Wildman–Crippen LogP) is 10.7. The molecule has 0 radical (unpaired) electrons. The zero-order valence-corrected chi connectivity index (χ0v) is 28.3. The summed E-state index contributed by atoms with van der Waals surface area (Å²) in [4.78, 5) is 5.10. The Morgan fingerprint density at radius 3 is 2.30 bits per heavy atom. The molecule has 1 saturated heterocycles. The zero-order chi connectivity index (χ0) is 31.5. The zero-order valence-electron chi connectivity index (χ0n) is 26.7. The fourth-order valence-corrected chi connectivity index (χ4v) is 7.30. The Bertz CT molecular complexity index is 1430. The summed E-state index contributed by atoms with van der Waals surface area (Å²) >= 11 is 13.0. The third kappa shape index (κ3) is 8.18. The number of hydrogen-bond acceptors (Lipinski definition) is 3. The maximum atomic E-state index is 6.61. The van der Waals surface area contributed by atoms with Crippen LogP contribution < -0.4 is 10.6 Å². The van der Waals surface area contributed by atoms with E-state index in [1.165, 1.54) is 65.3 Å². The number of hydrogen-bond donors (Lipinski definition) is 1. The Kier molecular flexibility index (Phi) is 13.0. The van der Waals surface area contributed by atoms with E-state index in [1.807, 2.05) is 26.0 Å². The van der Waals surface area contributed by atoms with Gasteiger partial charge in [-0.05, 0) is 90.3 Å². The van der Waals surface area contributed by atoms with Gasteiger partial charge in [-0.15, -0.1) is 0 Å². The third-order valence-electron chi connectivity index (χ3n) is 8.95. The molecule has 0 amide bonds. The second kappa shape index (κ2) is 16.9. The second-order valence-corrected chi connectivity index (χ2v) is 12.4. The molecule has 3 aliphatic rings. The van der Waals surface area contributed by atoms with Gasteiger partial charge in [0.1, 0.15) is 0 Å². The Morgan fingerprint density at radius 1 is 0.909 bits per heavy atom. The van der Waals surface area contributed by atoms with E-state index in [0.29, 0.717) is 10.0 Å². The van der Waals surface area contributed by atoms with Crippen LogP contribution in [0.15, 0.2) is 97.2 Å². The molecule has 1 heterocycles. The monoisotopic (exact) mass is 629 g/mol. The minimum atomic E-state index is 0.288. The van der Waals surface area contributed by atoms with Gasteiger partial charge in [-0.2, -0.15) is 0 Å². The van der Waals surface area contributed by atoms with Gasteiger partial charge in [0, 0.05) is 26.2 Å². The van der Waals surface area contributed by atoms with Crippen molar-refractivity contribution < 1.29 is 0 Å². The van der Waals surface area contributed by atoms with E-state index in [1.54, 1.807) is 0 Å². The molecule has 3 aromatic rings. The number of benzene rings is 3. The number of nitrogens with zero attached hydrogens (tertiary/aromatic N) is 2. The number of rotatable bonds is 6. The lowest BCUT2D eigenvalue weighted by Gasteiger charge is -2.42. The van der Waals surface area contributed by atoms with Crippen molar-refractivity contribution in [3.63, 3.8) is 0 Å². The van der Waals surface area contributed by atoms with Gasteiger partial charge in [0.25, 0.3) is 0 Å². The van der Waals surface area contributed by atoms with Crippen LogP contribution in [0.5, 0.6) is 0 Å². The molecule has 234 valence electrons. The molecule has 1 aliphatic heterocycles. The van der Waals surface area contributed by atoms with E-state index in [2.05, 4.69) is 95.8 Å². The van der Waals surface area contributed by atoms with Crippen molar-refractivity contribution in [2.45, 2.75) is 71.3 Å². The maximum absolute atomic E-state index is 6.61. The summed E-state index contributed by atoms with van der Waals surface area (Å²) in [6, 6.07) is 24.6. The van der Waals surface area contributed by atoms with Crippen molar-refractivity contribution in [1.82, 2.24) is 4.90 Å². The van der Waals surface area contributed by atoms with Crippen molar-refractivity contribution in [2.24, 2.45) is 5.73 Å². The second-order valence-electron chi connectivity index (χ2n) is 11.6. The van der Waals surface area contributed by atoms with Crippen molar-refractivity contribution >= 4 is 34.5 Å². The summed E-state index contributed by atoms with van der Waals surface area (Å²) in [7, 11) is 0. The quantitative estimate of drug-likeness (QED) is 0.294. The van der Waals surface area contributed by atoms with Gasteiger partial charge in [0.05, 0.1) is 21.8 Å². The number of halogens is 2. The van der Waals surface area contributed by atoms with Crippen molar-refractivity contribution in [3.8, 4) is 0 Å². The summed E-state index contributed by atoms with van der Waals surface area (Å²) in [5.41, 5.74) is 14.2. The third-order valence-corrected chi connectivity index (χ3v) is 9.76. The fourth-order valence-electron chi connectivity index (χ4n) is 6.88. The number of allylic oxidation sites excluding steroid dienone is 3. The van der Waals surface area contributed by atoms with Crippen LogP contribution in [0.1, 0.15) is 86.6 Å². The van der Waals surface area contributed by atoms with Gasteiger partial charge in [-0.25, -0.2) is 0 Å². The Hall–Kier alpha value is -2.98. The average molecular weight is 631 g/mol. The van der Waals surface area contributed by atoms with Gasteiger partial charge < -0.3 is 10.6 Å². The highest BCUT2D eigenvalue weighted by Gasteiger charge is 2.30.